The van der Waals surface area contributed by atoms with E-state index in [2.05, 4.69) is 34.9 Å². The molecule has 0 N–H and O–H groups in total. The summed E-state index contributed by atoms with van der Waals surface area (Å²) in [5.41, 5.74) is 5.15. The molecule has 2 aromatic rings. The summed E-state index contributed by atoms with van der Waals surface area (Å²) in [6.45, 7) is 7.95. The van der Waals surface area contributed by atoms with Crippen molar-refractivity contribution in [3.05, 3.63) is 65.2 Å². The molecule has 5 nitrogen and oxygen atoms in total. The lowest BCUT2D eigenvalue weighted by molar-refractivity contribution is 0.0531. The first kappa shape index (κ1) is 22.0. The Morgan fingerprint density at radius 1 is 0.912 bits per heavy atom. The van der Waals surface area contributed by atoms with Gasteiger partial charge in [-0.2, -0.15) is 0 Å². The maximum absolute atomic E-state index is 13.2. The summed E-state index contributed by atoms with van der Waals surface area (Å²) in [6.07, 6.45) is 6.42. The Morgan fingerprint density at radius 3 is 2.44 bits per heavy atom. The van der Waals surface area contributed by atoms with Crippen LogP contribution in [0.15, 0.2) is 48.5 Å². The van der Waals surface area contributed by atoms with Crippen LogP contribution in [0.2, 0.25) is 0 Å². The van der Waals surface area contributed by atoms with Crippen LogP contribution < -0.4 is 4.90 Å². The number of hydrogen-bond donors (Lipinski definition) is 0. The van der Waals surface area contributed by atoms with Gasteiger partial charge in [-0.15, -0.1) is 0 Å². The van der Waals surface area contributed by atoms with Gasteiger partial charge in [-0.25, -0.2) is 4.79 Å². The van der Waals surface area contributed by atoms with E-state index in [1.54, 1.807) is 0 Å². The second-order valence-electron chi connectivity index (χ2n) is 10.7. The summed E-state index contributed by atoms with van der Waals surface area (Å²) < 4.78 is 5.76. The minimum atomic E-state index is -0.178. The van der Waals surface area contributed by atoms with Crippen LogP contribution in [-0.4, -0.2) is 54.7 Å². The Kier molecular flexibility index (Phi) is 5.98. The number of fused-ring (bicyclic) bond motifs is 5. The van der Waals surface area contributed by atoms with Crippen molar-refractivity contribution >= 4 is 11.8 Å². The molecule has 5 heteroatoms. The summed E-state index contributed by atoms with van der Waals surface area (Å²) in [6, 6.07) is 18.0. The molecule has 0 spiro atoms. The summed E-state index contributed by atoms with van der Waals surface area (Å²) >= 11 is 0. The van der Waals surface area contributed by atoms with Crippen molar-refractivity contribution in [2.24, 2.45) is 5.92 Å². The molecule has 1 amide bonds. The van der Waals surface area contributed by atoms with Gasteiger partial charge in [0, 0.05) is 44.5 Å². The average molecular weight is 460 g/mol. The number of carbonyl (C=O) groups excluding carboxylic acids is 1. The SMILES string of the molecule is C[C@H]1C2CCN(C(=O)OCc3ccccc3)[C@H]1c1cc(N3CCN(C4CCCC4)CC3)ccc12. The molecular weight excluding hydrogens is 422 g/mol. The molecule has 6 rings (SSSR count). The number of amides is 1. The van der Waals surface area contributed by atoms with Crippen LogP contribution >= 0.6 is 0 Å². The molecule has 34 heavy (non-hydrogen) atoms. The van der Waals surface area contributed by atoms with Gasteiger partial charge in [0.05, 0.1) is 6.04 Å². The summed E-state index contributed by atoms with van der Waals surface area (Å²) in [4.78, 5) is 20.4. The highest BCUT2D eigenvalue weighted by Gasteiger charge is 2.47. The summed E-state index contributed by atoms with van der Waals surface area (Å²) in [5, 5.41) is 0. The maximum atomic E-state index is 13.2. The average Bonchev–Trinajstić information content (AvgIpc) is 3.47. The highest BCUT2D eigenvalue weighted by Crippen LogP contribution is 2.53. The quantitative estimate of drug-likeness (QED) is 0.599. The third-order valence-corrected chi connectivity index (χ3v) is 8.90. The van der Waals surface area contributed by atoms with Gasteiger partial charge >= 0.3 is 6.09 Å². The van der Waals surface area contributed by atoms with E-state index < -0.39 is 0 Å². The van der Waals surface area contributed by atoms with E-state index in [1.165, 1.54) is 55.6 Å². The highest BCUT2D eigenvalue weighted by molar-refractivity contribution is 5.70. The van der Waals surface area contributed by atoms with E-state index >= 15 is 0 Å². The second-order valence-corrected chi connectivity index (χ2v) is 10.7. The summed E-state index contributed by atoms with van der Waals surface area (Å²) in [5.74, 6) is 0.980. The number of piperazine rings is 1. The fourth-order valence-electron chi connectivity index (χ4n) is 7.05. The van der Waals surface area contributed by atoms with Crippen LogP contribution in [-0.2, 0) is 11.3 Å². The number of nitrogens with zero attached hydrogens (tertiary/aromatic N) is 3. The number of piperidine rings is 1. The molecule has 2 aliphatic heterocycles. The Hall–Kier alpha value is -2.53. The molecule has 2 aliphatic carbocycles. The standard InChI is InChI=1S/C29H37N3O2/c1-21-25-13-14-32(29(33)34-20-22-7-3-2-4-8-22)28(21)27-19-24(11-12-26(25)27)31-17-15-30(16-18-31)23-9-5-6-10-23/h2-4,7-8,11-12,19,21,23,25,28H,5-6,9-10,13-18,20H2,1H3/t21-,25?,28+/m0/s1. The minimum absolute atomic E-state index is 0.122. The molecule has 0 radical (unpaired) electrons. The topological polar surface area (TPSA) is 36.0 Å². The molecular formula is C29H37N3O2. The van der Waals surface area contributed by atoms with Crippen molar-refractivity contribution in [3.63, 3.8) is 0 Å². The number of likely N-dealkylation sites (tertiary alicyclic amines) is 1. The second kappa shape index (κ2) is 9.26. The third kappa shape index (κ3) is 3.98. The smallest absolute Gasteiger partial charge is 0.410 e. The zero-order valence-electron chi connectivity index (χ0n) is 20.4. The maximum Gasteiger partial charge on any atom is 0.410 e. The van der Waals surface area contributed by atoms with Crippen molar-refractivity contribution < 1.29 is 9.53 Å². The first-order chi connectivity index (χ1) is 16.7. The molecule has 3 fully saturated rings. The van der Waals surface area contributed by atoms with Crippen molar-refractivity contribution in [1.29, 1.82) is 0 Å². The van der Waals surface area contributed by atoms with Crippen molar-refractivity contribution in [3.8, 4) is 0 Å². The Morgan fingerprint density at radius 2 is 1.68 bits per heavy atom. The predicted molar refractivity (Wildman–Crippen MR) is 135 cm³/mol. The molecule has 1 saturated carbocycles. The van der Waals surface area contributed by atoms with Crippen LogP contribution in [0.3, 0.4) is 0 Å². The number of benzene rings is 2. The van der Waals surface area contributed by atoms with Crippen molar-refractivity contribution in [1.82, 2.24) is 9.80 Å². The van der Waals surface area contributed by atoms with Crippen LogP contribution in [0.25, 0.3) is 0 Å². The zero-order chi connectivity index (χ0) is 23.1. The number of carbonyl (C=O) groups is 1. The zero-order valence-corrected chi connectivity index (χ0v) is 20.4. The van der Waals surface area contributed by atoms with Gasteiger partial charge in [0.15, 0.2) is 0 Å². The van der Waals surface area contributed by atoms with Crippen LogP contribution in [0.5, 0.6) is 0 Å². The van der Waals surface area contributed by atoms with E-state index in [9.17, 15) is 4.79 Å². The van der Waals surface area contributed by atoms with E-state index in [-0.39, 0.29) is 12.1 Å². The number of hydrogen-bond acceptors (Lipinski definition) is 4. The summed E-state index contributed by atoms with van der Waals surface area (Å²) in [7, 11) is 0. The fourth-order valence-corrected chi connectivity index (χ4v) is 7.05. The van der Waals surface area contributed by atoms with Gasteiger partial charge in [-0.3, -0.25) is 4.90 Å². The van der Waals surface area contributed by atoms with Gasteiger partial charge in [0.25, 0.3) is 0 Å². The van der Waals surface area contributed by atoms with Crippen LogP contribution in [0.1, 0.15) is 67.7 Å². The number of rotatable bonds is 4. The molecule has 4 aliphatic rings. The van der Waals surface area contributed by atoms with E-state index in [0.717, 1.165) is 37.7 Å². The molecule has 180 valence electrons. The predicted octanol–water partition coefficient (Wildman–Crippen LogP) is 5.57. The van der Waals surface area contributed by atoms with Gasteiger partial charge in [0.2, 0.25) is 0 Å². The van der Waals surface area contributed by atoms with Gasteiger partial charge in [0.1, 0.15) is 6.61 Å². The first-order valence-electron chi connectivity index (χ1n) is 13.3. The number of ether oxygens (including phenoxy) is 1. The Balaban J connectivity index is 1.17. The highest BCUT2D eigenvalue weighted by atomic mass is 16.6. The molecule has 2 bridgehead atoms. The van der Waals surface area contributed by atoms with Gasteiger partial charge < -0.3 is 14.5 Å². The fraction of sp³-hybridized carbons (Fsp3) is 0.552. The largest absolute Gasteiger partial charge is 0.445 e. The Labute approximate surface area is 203 Å². The molecule has 0 aromatic heterocycles. The van der Waals surface area contributed by atoms with Crippen molar-refractivity contribution in [2.45, 2.75) is 63.6 Å². The van der Waals surface area contributed by atoms with Gasteiger partial charge in [-0.05, 0) is 59.9 Å². The van der Waals surface area contributed by atoms with Crippen molar-refractivity contribution in [2.75, 3.05) is 37.6 Å². The minimum Gasteiger partial charge on any atom is -0.445 e. The lowest BCUT2D eigenvalue weighted by Crippen LogP contribution is -2.49. The lowest BCUT2D eigenvalue weighted by Gasteiger charge is -2.39. The first-order valence-corrected chi connectivity index (χ1v) is 13.3. The number of anilines is 1. The van der Waals surface area contributed by atoms with E-state index in [1.807, 2.05) is 35.2 Å². The molecule has 3 atom stereocenters. The molecule has 2 aromatic carbocycles. The van der Waals surface area contributed by atoms with E-state index in [4.69, 9.17) is 4.74 Å². The van der Waals surface area contributed by atoms with Gasteiger partial charge in [-0.1, -0.05) is 56.2 Å². The lowest BCUT2D eigenvalue weighted by atomic mass is 9.86. The third-order valence-electron chi connectivity index (χ3n) is 8.90. The van der Waals surface area contributed by atoms with Crippen LogP contribution in [0.4, 0.5) is 10.5 Å². The van der Waals surface area contributed by atoms with E-state index in [0.29, 0.717) is 18.4 Å². The Bertz CT molecular complexity index is 1010. The molecule has 1 unspecified atom stereocenters. The molecule has 2 heterocycles. The van der Waals surface area contributed by atoms with Crippen LogP contribution in [0, 0.1) is 5.92 Å². The monoisotopic (exact) mass is 459 g/mol. The molecule has 2 saturated heterocycles. The normalized spacial score (nSPS) is 27.1.